The largest absolute Gasteiger partial charge is 2.00 e. The van der Waals surface area contributed by atoms with Crippen molar-refractivity contribution in [3.63, 3.8) is 0 Å². The third-order valence-electron chi connectivity index (χ3n) is 2.45. The zero-order valence-electron chi connectivity index (χ0n) is 16.3. The van der Waals surface area contributed by atoms with Gasteiger partial charge in [-0.05, 0) is 12.0 Å². The summed E-state index contributed by atoms with van der Waals surface area (Å²) in [6.07, 6.45) is -7.36. The van der Waals surface area contributed by atoms with Gasteiger partial charge in [-0.1, -0.05) is 0 Å². The Morgan fingerprint density at radius 2 is 1.10 bits per heavy atom. The van der Waals surface area contributed by atoms with Crippen molar-refractivity contribution in [2.24, 2.45) is 0 Å². The summed E-state index contributed by atoms with van der Waals surface area (Å²) in [6, 6.07) is 0. The standard InChI is InChI=1S/C6H7O8.C5H7O6.Ca.3K.Mg/c7-2(8)1-6(14,5(12)13)3(9)4(10)11;1-5(11,4(9)10)2(6)3(7)8;;;;;/h3,9H,1H2,(H,7,8)(H,10,11)(H,12,13);2,6,11H,1H2,(H,7,8)(H,9,10);;;;;/q2*-1;+2;3*+1;+2/p-5. The maximum absolute atomic E-state index is 11.0. The van der Waals surface area contributed by atoms with E-state index in [-0.39, 0.29) is 215 Å². The molecule has 0 heterocycles. The van der Waals surface area contributed by atoms with Crippen LogP contribution in [-0.2, 0) is 24.0 Å². The molecule has 4 atom stereocenters. The molecular weight excluding hydrogens is 538 g/mol. The second-order valence-electron chi connectivity index (χ2n) is 4.38. The fourth-order valence-electron chi connectivity index (χ4n) is 0.992. The van der Waals surface area contributed by atoms with Gasteiger partial charge in [-0.25, -0.2) is 0 Å². The minimum Gasteiger partial charge on any atom is -0.843 e. The Morgan fingerprint density at radius 3 is 1.23 bits per heavy atom. The molecule has 0 amide bonds. The van der Waals surface area contributed by atoms with Crippen molar-refractivity contribution >= 4 is 90.6 Å². The predicted molar refractivity (Wildman–Crippen MR) is 66.2 cm³/mol. The molecule has 4 unspecified atom stereocenters. The van der Waals surface area contributed by atoms with Crippen LogP contribution in [0.4, 0.5) is 0 Å². The number of carbonyl (C=O) groups is 5. The molecule has 0 spiro atoms. The van der Waals surface area contributed by atoms with Crippen LogP contribution in [0.2, 0.25) is 0 Å². The third-order valence-corrected chi connectivity index (χ3v) is 2.45. The van der Waals surface area contributed by atoms with Crippen LogP contribution in [0, 0.1) is 6.92 Å². The van der Waals surface area contributed by atoms with Crippen LogP contribution in [0.1, 0.15) is 6.42 Å². The van der Waals surface area contributed by atoms with Gasteiger partial charge < -0.3 is 76.9 Å². The third kappa shape index (κ3) is 18.4. The number of carbonyl (C=O) groups excluding carboxylic acids is 5. The average molecular weight is 547 g/mol. The minimum absolute atomic E-state index is 0. The summed E-state index contributed by atoms with van der Waals surface area (Å²) >= 11 is 0. The number of aliphatic carboxylic acids is 5. The van der Waals surface area contributed by atoms with Gasteiger partial charge in [-0.3, -0.25) is 0 Å². The fraction of sp³-hybridized carbons (Fsp3) is 0.455. The number of carboxylic acids is 5. The topological polar surface area (TPSA) is 284 Å². The van der Waals surface area contributed by atoms with E-state index in [1.54, 1.807) is 0 Å². The summed E-state index contributed by atoms with van der Waals surface area (Å²) in [6.45, 7) is 2.51. The summed E-state index contributed by atoms with van der Waals surface area (Å²) in [5.74, 6) is -11.4. The first kappa shape index (κ1) is 50.9. The average Bonchev–Trinajstić information content (AvgIpc) is 2.44. The molecule has 0 rings (SSSR count). The van der Waals surface area contributed by atoms with Crippen molar-refractivity contribution in [1.82, 2.24) is 0 Å². The molecule has 0 saturated heterocycles. The molecule has 144 valence electrons. The molecule has 0 aliphatic heterocycles. The molecule has 3 N–H and O–H groups in total. The number of aliphatic hydroxyl groups excluding tert-OH is 2. The smallest absolute Gasteiger partial charge is 0.843 e. The van der Waals surface area contributed by atoms with E-state index in [1.807, 2.05) is 0 Å². The Bertz CT molecular complexity index is 577. The molecule has 0 bridgehead atoms. The Kier molecular flexibility index (Phi) is 39.9. The summed E-state index contributed by atoms with van der Waals surface area (Å²) < 4.78 is 0. The van der Waals surface area contributed by atoms with Crippen molar-refractivity contribution in [2.75, 3.05) is 0 Å². The van der Waals surface area contributed by atoms with Crippen molar-refractivity contribution < 1.29 is 224 Å². The molecule has 0 aliphatic rings. The molecule has 0 radical (unpaired) electrons. The number of hydrogen-bond donors (Lipinski definition) is 3. The molecule has 0 aromatic heterocycles. The molecule has 19 heteroatoms. The van der Waals surface area contributed by atoms with Gasteiger partial charge in [0.1, 0.15) is 0 Å². The Labute approximate surface area is 343 Å². The van der Waals surface area contributed by atoms with Crippen LogP contribution in [-0.4, -0.2) is 129 Å². The van der Waals surface area contributed by atoms with Crippen LogP contribution in [0.5, 0.6) is 0 Å². The Morgan fingerprint density at radius 1 is 0.800 bits per heavy atom. The van der Waals surface area contributed by atoms with Gasteiger partial charge in [0, 0.05) is 23.5 Å². The molecule has 0 saturated carbocycles. The number of aliphatic hydroxyl groups is 3. The molecule has 0 aromatic carbocycles. The maximum Gasteiger partial charge on any atom is 2.00 e. The SMILES string of the molecule is O=C([O-])CC([O-])(C(=O)[O-])C(O)C(=O)[O-].[CH2-]C(O)(C(=O)[O-])C(O)C(=O)[O-].[Ca+2].[K+].[K+].[K+].[Mg+2]. The molecule has 0 fully saturated rings. The monoisotopic (exact) mass is 546 g/mol. The van der Waals surface area contributed by atoms with Gasteiger partial charge in [0.25, 0.3) is 0 Å². The predicted octanol–water partition coefficient (Wildman–Crippen LogP) is -21.3. The first-order valence-electron chi connectivity index (χ1n) is 5.70. The Balaban J connectivity index is -0.0000000616. The second kappa shape index (κ2) is 23.5. The van der Waals surface area contributed by atoms with Crippen LogP contribution in [0.15, 0.2) is 0 Å². The quantitative estimate of drug-likeness (QED) is 0.188. The van der Waals surface area contributed by atoms with Crippen molar-refractivity contribution in [1.29, 1.82) is 0 Å². The van der Waals surface area contributed by atoms with E-state index < -0.39 is 59.7 Å². The van der Waals surface area contributed by atoms with E-state index in [2.05, 4.69) is 6.92 Å². The van der Waals surface area contributed by atoms with Gasteiger partial charge in [-0.15, -0.1) is 0 Å². The second-order valence-corrected chi connectivity index (χ2v) is 4.38. The van der Waals surface area contributed by atoms with Crippen molar-refractivity contribution in [3.8, 4) is 0 Å². The van der Waals surface area contributed by atoms with E-state index in [0.29, 0.717) is 0 Å². The summed E-state index contributed by atoms with van der Waals surface area (Å²) in [5.41, 5.74) is -6.78. The number of rotatable bonds is 8. The van der Waals surface area contributed by atoms with Crippen LogP contribution in [0.3, 0.4) is 0 Å². The van der Waals surface area contributed by atoms with Crippen LogP contribution in [0.25, 0.3) is 0 Å². The molecule has 30 heavy (non-hydrogen) atoms. The number of hydrogen-bond acceptors (Lipinski definition) is 14. The molecule has 14 nitrogen and oxygen atoms in total. The number of carboxylic acid groups (broad SMARTS) is 5. The maximum atomic E-state index is 11.0. The van der Waals surface area contributed by atoms with E-state index in [0.717, 1.165) is 0 Å². The molecule has 0 aromatic rings. The van der Waals surface area contributed by atoms with Crippen LogP contribution >= 0.6 is 0 Å². The van der Waals surface area contributed by atoms with Crippen LogP contribution < -0.4 is 185 Å². The fourth-order valence-corrected chi connectivity index (χ4v) is 0.992. The van der Waals surface area contributed by atoms with Gasteiger partial charge in [0.15, 0.2) is 0 Å². The van der Waals surface area contributed by atoms with Gasteiger partial charge >= 0.3 is 215 Å². The molecule has 0 aliphatic carbocycles. The first-order chi connectivity index (χ1) is 11.0. The van der Waals surface area contributed by atoms with E-state index in [4.69, 9.17) is 15.3 Å². The van der Waals surface area contributed by atoms with E-state index in [1.165, 1.54) is 0 Å². The summed E-state index contributed by atoms with van der Waals surface area (Å²) in [4.78, 5) is 49.7. The molecular formula is C11H9CaK3MgO14. The summed E-state index contributed by atoms with van der Waals surface area (Å²) in [5, 5.41) is 86.3. The van der Waals surface area contributed by atoms with Gasteiger partial charge in [0.2, 0.25) is 0 Å². The zero-order valence-corrected chi connectivity index (χ0v) is 29.3. The summed E-state index contributed by atoms with van der Waals surface area (Å²) in [7, 11) is 0. The van der Waals surface area contributed by atoms with Gasteiger partial charge in [0.05, 0.1) is 24.1 Å². The first-order valence-corrected chi connectivity index (χ1v) is 5.70. The Hall–Kier alpha value is 4.13. The van der Waals surface area contributed by atoms with Gasteiger partial charge in [-0.2, -0.15) is 0 Å². The zero-order chi connectivity index (χ0) is 20.7. The van der Waals surface area contributed by atoms with Crippen molar-refractivity contribution in [3.05, 3.63) is 6.92 Å². The minimum atomic E-state index is -3.71. The normalized spacial score (nSPS) is 14.6. The van der Waals surface area contributed by atoms with Crippen molar-refractivity contribution in [2.45, 2.75) is 29.8 Å². The van der Waals surface area contributed by atoms with E-state index >= 15 is 0 Å². The van der Waals surface area contributed by atoms with E-state index in [9.17, 15) is 54.6 Å².